The maximum absolute atomic E-state index is 12.4. The third-order valence-electron chi connectivity index (χ3n) is 5.73. The molecule has 1 amide bonds. The fourth-order valence-corrected chi connectivity index (χ4v) is 4.08. The van der Waals surface area contributed by atoms with Crippen molar-refractivity contribution in [3.8, 4) is 0 Å². The average Bonchev–Trinajstić information content (AvgIpc) is 3.31. The summed E-state index contributed by atoms with van der Waals surface area (Å²) in [6, 6.07) is 12.2. The minimum absolute atomic E-state index is 0.0389. The molecule has 4 rings (SSSR count). The third-order valence-corrected chi connectivity index (χ3v) is 5.73. The van der Waals surface area contributed by atoms with Crippen LogP contribution in [-0.4, -0.2) is 79.4 Å². The summed E-state index contributed by atoms with van der Waals surface area (Å²) in [5.74, 6) is 1.28. The number of guanidine groups is 1. The van der Waals surface area contributed by atoms with Crippen molar-refractivity contribution in [1.82, 2.24) is 20.0 Å². The molecule has 29 heavy (non-hydrogen) atoms. The molecule has 0 unspecified atom stereocenters. The number of carbonyl (C=O) groups is 1. The van der Waals surface area contributed by atoms with E-state index in [4.69, 9.17) is 4.42 Å². The summed E-state index contributed by atoms with van der Waals surface area (Å²) >= 11 is 0. The number of hydrogen-bond acceptors (Lipinski definition) is 4. The van der Waals surface area contributed by atoms with Crippen LogP contribution >= 0.6 is 0 Å². The Hall–Kier alpha value is -2.80. The van der Waals surface area contributed by atoms with Crippen molar-refractivity contribution < 1.29 is 9.21 Å². The summed E-state index contributed by atoms with van der Waals surface area (Å²) in [4.78, 5) is 23.4. The lowest BCUT2D eigenvalue weighted by Gasteiger charge is -2.36. The lowest BCUT2D eigenvalue weighted by molar-refractivity contribution is 0.0657. The molecule has 7 nitrogen and oxygen atoms in total. The molecule has 0 saturated carbocycles. The van der Waals surface area contributed by atoms with E-state index in [-0.39, 0.29) is 5.91 Å². The maximum atomic E-state index is 12.4. The molecular weight excluding hydrogens is 366 g/mol. The van der Waals surface area contributed by atoms with Gasteiger partial charge in [-0.15, -0.1) is 0 Å². The van der Waals surface area contributed by atoms with Gasteiger partial charge in [0.05, 0.1) is 6.26 Å². The number of piperazine rings is 1. The maximum Gasteiger partial charge on any atom is 0.289 e. The van der Waals surface area contributed by atoms with Gasteiger partial charge in [0.25, 0.3) is 5.91 Å². The normalized spacial score (nSPS) is 17.9. The van der Waals surface area contributed by atoms with Crippen LogP contribution in [-0.2, 0) is 13.0 Å². The van der Waals surface area contributed by atoms with Crippen LogP contribution in [0.5, 0.6) is 0 Å². The molecule has 3 heterocycles. The minimum atomic E-state index is -0.0389. The number of amides is 1. The summed E-state index contributed by atoms with van der Waals surface area (Å²) in [5, 5.41) is 3.49. The predicted molar refractivity (Wildman–Crippen MR) is 113 cm³/mol. The van der Waals surface area contributed by atoms with Gasteiger partial charge < -0.3 is 19.5 Å². The number of benzene rings is 1. The SMILES string of the molecule is CN=C(NCCN1CCc2ccccc2C1)N1CCN(C(=O)c2ccco2)CC1. The number of carbonyl (C=O) groups excluding carboxylic acids is 1. The molecular formula is C22H29N5O2. The molecule has 154 valence electrons. The Labute approximate surface area is 172 Å². The lowest BCUT2D eigenvalue weighted by atomic mass is 10.00. The molecule has 2 aromatic rings. The first-order valence-corrected chi connectivity index (χ1v) is 10.3. The van der Waals surface area contributed by atoms with Crippen LogP contribution < -0.4 is 5.32 Å². The second kappa shape index (κ2) is 9.13. The summed E-state index contributed by atoms with van der Waals surface area (Å²) in [5.41, 5.74) is 2.93. The van der Waals surface area contributed by atoms with E-state index < -0.39 is 0 Å². The minimum Gasteiger partial charge on any atom is -0.459 e. The number of nitrogens with zero attached hydrogens (tertiary/aromatic N) is 4. The summed E-state index contributed by atoms with van der Waals surface area (Å²) in [7, 11) is 1.82. The van der Waals surface area contributed by atoms with E-state index in [0.717, 1.165) is 51.6 Å². The Kier molecular flexibility index (Phi) is 6.14. The quantitative estimate of drug-likeness (QED) is 0.630. The molecule has 1 N–H and O–H groups in total. The van der Waals surface area contributed by atoms with Crippen molar-refractivity contribution in [2.24, 2.45) is 4.99 Å². The van der Waals surface area contributed by atoms with Crippen molar-refractivity contribution in [2.75, 3.05) is 52.9 Å². The molecule has 1 aromatic heterocycles. The fourth-order valence-electron chi connectivity index (χ4n) is 4.08. The van der Waals surface area contributed by atoms with Gasteiger partial charge in [0.2, 0.25) is 0 Å². The molecule has 2 aliphatic rings. The Morgan fingerprint density at radius 2 is 1.79 bits per heavy atom. The van der Waals surface area contributed by atoms with Crippen molar-refractivity contribution in [3.63, 3.8) is 0 Å². The second-order valence-electron chi connectivity index (χ2n) is 7.53. The lowest BCUT2D eigenvalue weighted by Crippen LogP contribution is -2.54. The number of hydrogen-bond donors (Lipinski definition) is 1. The van der Waals surface area contributed by atoms with Crippen molar-refractivity contribution in [3.05, 3.63) is 59.5 Å². The number of furan rings is 1. The van der Waals surface area contributed by atoms with Crippen LogP contribution in [0.3, 0.4) is 0 Å². The van der Waals surface area contributed by atoms with E-state index in [1.807, 2.05) is 11.9 Å². The molecule has 1 fully saturated rings. The highest BCUT2D eigenvalue weighted by Gasteiger charge is 2.25. The monoisotopic (exact) mass is 395 g/mol. The van der Waals surface area contributed by atoms with Crippen LogP contribution in [0, 0.1) is 0 Å². The average molecular weight is 396 g/mol. The number of fused-ring (bicyclic) bond motifs is 1. The zero-order valence-electron chi connectivity index (χ0n) is 17.0. The Morgan fingerprint density at radius 3 is 2.52 bits per heavy atom. The van der Waals surface area contributed by atoms with Crippen LogP contribution in [0.2, 0.25) is 0 Å². The smallest absolute Gasteiger partial charge is 0.289 e. The molecule has 0 spiro atoms. The van der Waals surface area contributed by atoms with Crippen molar-refractivity contribution in [1.29, 1.82) is 0 Å². The standard InChI is InChI=1S/C22H29N5O2/c1-23-22(24-9-11-25-10-8-18-5-2-3-6-19(18)17-25)27-14-12-26(13-15-27)21(28)20-7-4-16-29-20/h2-7,16H,8-15,17H2,1H3,(H,23,24). The van der Waals surface area contributed by atoms with Crippen LogP contribution in [0.15, 0.2) is 52.1 Å². The second-order valence-corrected chi connectivity index (χ2v) is 7.53. The van der Waals surface area contributed by atoms with Gasteiger partial charge in [-0.1, -0.05) is 24.3 Å². The number of nitrogens with one attached hydrogen (secondary N) is 1. The van der Waals surface area contributed by atoms with E-state index >= 15 is 0 Å². The fraction of sp³-hybridized carbons (Fsp3) is 0.455. The molecule has 2 aliphatic heterocycles. The van der Waals surface area contributed by atoms with E-state index in [2.05, 4.69) is 44.4 Å². The van der Waals surface area contributed by atoms with Gasteiger partial charge in [-0.05, 0) is 29.7 Å². The number of aliphatic imine (C=N–C) groups is 1. The largest absolute Gasteiger partial charge is 0.459 e. The van der Waals surface area contributed by atoms with Gasteiger partial charge >= 0.3 is 0 Å². The highest BCUT2D eigenvalue weighted by atomic mass is 16.3. The van der Waals surface area contributed by atoms with Gasteiger partial charge in [0, 0.05) is 59.4 Å². The first kappa shape index (κ1) is 19.5. The van der Waals surface area contributed by atoms with Gasteiger partial charge in [0.15, 0.2) is 11.7 Å². The zero-order chi connectivity index (χ0) is 20.1. The van der Waals surface area contributed by atoms with Gasteiger partial charge in [-0.2, -0.15) is 0 Å². The van der Waals surface area contributed by atoms with Crippen LogP contribution in [0.1, 0.15) is 21.7 Å². The van der Waals surface area contributed by atoms with Gasteiger partial charge in [-0.3, -0.25) is 14.7 Å². The molecule has 7 heteroatoms. The Morgan fingerprint density at radius 1 is 1.03 bits per heavy atom. The van der Waals surface area contributed by atoms with E-state index in [1.54, 1.807) is 12.1 Å². The molecule has 1 aromatic carbocycles. The third kappa shape index (κ3) is 4.62. The predicted octanol–water partition coefficient (Wildman–Crippen LogP) is 1.67. The summed E-state index contributed by atoms with van der Waals surface area (Å²) in [6.45, 7) is 6.85. The molecule has 0 aliphatic carbocycles. The van der Waals surface area contributed by atoms with Crippen molar-refractivity contribution in [2.45, 2.75) is 13.0 Å². The molecule has 0 radical (unpaired) electrons. The van der Waals surface area contributed by atoms with E-state index in [0.29, 0.717) is 18.8 Å². The van der Waals surface area contributed by atoms with E-state index in [1.165, 1.54) is 17.4 Å². The summed E-state index contributed by atoms with van der Waals surface area (Å²) < 4.78 is 5.23. The van der Waals surface area contributed by atoms with E-state index in [9.17, 15) is 4.79 Å². The highest BCUT2D eigenvalue weighted by Crippen LogP contribution is 2.17. The van der Waals surface area contributed by atoms with Gasteiger partial charge in [0.1, 0.15) is 0 Å². The molecule has 0 bridgehead atoms. The Balaban J connectivity index is 1.22. The first-order valence-electron chi connectivity index (χ1n) is 10.3. The van der Waals surface area contributed by atoms with Gasteiger partial charge in [-0.25, -0.2) is 0 Å². The number of rotatable bonds is 4. The zero-order valence-corrected chi connectivity index (χ0v) is 17.0. The van der Waals surface area contributed by atoms with Crippen LogP contribution in [0.4, 0.5) is 0 Å². The highest BCUT2D eigenvalue weighted by molar-refractivity contribution is 5.91. The van der Waals surface area contributed by atoms with Crippen molar-refractivity contribution >= 4 is 11.9 Å². The first-order chi connectivity index (χ1) is 14.2. The Bertz CT molecular complexity index is 841. The summed E-state index contributed by atoms with van der Waals surface area (Å²) in [6.07, 6.45) is 2.66. The van der Waals surface area contributed by atoms with Crippen LogP contribution in [0.25, 0.3) is 0 Å². The molecule has 0 atom stereocenters. The molecule has 1 saturated heterocycles. The topological polar surface area (TPSA) is 64.3 Å².